The van der Waals surface area contributed by atoms with Crippen LogP contribution in [0.2, 0.25) is 0 Å². The minimum absolute atomic E-state index is 0.0415. The highest BCUT2D eigenvalue weighted by molar-refractivity contribution is 5.86. The lowest BCUT2D eigenvalue weighted by Crippen LogP contribution is -2.46. The van der Waals surface area contributed by atoms with E-state index < -0.39 is 30.6 Å². The highest BCUT2D eigenvalue weighted by atomic mass is 16.5. The molecule has 4 N–H and O–H groups in total. The average molecular weight is 372 g/mol. The fourth-order valence-electron chi connectivity index (χ4n) is 2.24. The van der Waals surface area contributed by atoms with Gasteiger partial charge in [-0.15, -0.1) is 0 Å². The van der Waals surface area contributed by atoms with Crippen LogP contribution in [0.5, 0.6) is 5.75 Å². The first-order chi connectivity index (χ1) is 12.9. The van der Waals surface area contributed by atoms with Gasteiger partial charge in [0.1, 0.15) is 24.9 Å². The fourth-order valence-corrected chi connectivity index (χ4v) is 2.24. The van der Waals surface area contributed by atoms with Gasteiger partial charge in [0, 0.05) is 6.42 Å². The number of benzene rings is 2. The van der Waals surface area contributed by atoms with Crippen molar-refractivity contribution in [3.05, 3.63) is 65.7 Å². The van der Waals surface area contributed by atoms with Gasteiger partial charge < -0.3 is 25.6 Å². The smallest absolute Gasteiger partial charge is 0.407 e. The highest BCUT2D eigenvalue weighted by Crippen LogP contribution is 2.11. The maximum atomic E-state index is 11.9. The van der Waals surface area contributed by atoms with Crippen molar-refractivity contribution in [3.8, 4) is 5.75 Å². The molecular formula is C19H20N2O6. The van der Waals surface area contributed by atoms with Crippen molar-refractivity contribution in [1.82, 2.24) is 10.6 Å². The molecule has 0 unspecified atom stereocenters. The quantitative estimate of drug-likeness (QED) is 0.556. The molecule has 2 rings (SSSR count). The summed E-state index contributed by atoms with van der Waals surface area (Å²) in [5.74, 6) is -1.80. The lowest BCUT2D eigenvalue weighted by Gasteiger charge is -2.15. The molecule has 8 heteroatoms. The van der Waals surface area contributed by atoms with Crippen LogP contribution in [0.25, 0.3) is 0 Å². The fraction of sp³-hybridized carbons (Fsp3) is 0.211. The molecule has 0 aliphatic carbocycles. The number of carbonyl (C=O) groups excluding carboxylic acids is 2. The second-order valence-corrected chi connectivity index (χ2v) is 5.74. The largest absolute Gasteiger partial charge is 0.508 e. The van der Waals surface area contributed by atoms with Gasteiger partial charge in [-0.25, -0.2) is 9.59 Å². The number of amides is 2. The van der Waals surface area contributed by atoms with Crippen molar-refractivity contribution in [2.75, 3.05) is 6.54 Å². The number of carboxylic acid groups (broad SMARTS) is 1. The molecule has 0 radical (unpaired) electrons. The number of rotatable bonds is 8. The Bertz CT molecular complexity index is 777. The van der Waals surface area contributed by atoms with E-state index in [0.717, 1.165) is 5.56 Å². The number of carbonyl (C=O) groups is 3. The summed E-state index contributed by atoms with van der Waals surface area (Å²) in [4.78, 5) is 34.8. The van der Waals surface area contributed by atoms with E-state index in [1.54, 1.807) is 24.3 Å². The van der Waals surface area contributed by atoms with Crippen molar-refractivity contribution < 1.29 is 29.3 Å². The standard InChI is InChI=1S/C19H20N2O6/c22-15-8-6-13(7-9-15)10-16(18(24)25)21-17(23)11-20-19(26)27-12-14-4-2-1-3-5-14/h1-9,16,22H,10-12H2,(H,20,26)(H,21,23)(H,24,25)/t16-/m0/s1. The zero-order chi connectivity index (χ0) is 19.6. The predicted octanol–water partition coefficient (Wildman–Crippen LogP) is 1.43. The summed E-state index contributed by atoms with van der Waals surface area (Å²) in [5, 5.41) is 23.1. The molecule has 1 atom stereocenters. The number of ether oxygens (including phenoxy) is 1. The summed E-state index contributed by atoms with van der Waals surface area (Å²) < 4.78 is 4.97. The lowest BCUT2D eigenvalue weighted by atomic mass is 10.1. The molecule has 0 saturated heterocycles. The first-order valence-electron chi connectivity index (χ1n) is 8.18. The molecule has 0 aliphatic heterocycles. The molecule has 2 aromatic carbocycles. The van der Waals surface area contributed by atoms with Crippen molar-refractivity contribution in [2.24, 2.45) is 0 Å². The SMILES string of the molecule is O=C(CNC(=O)OCc1ccccc1)N[C@@H](Cc1ccc(O)cc1)C(=O)O. The second kappa shape index (κ2) is 9.81. The second-order valence-electron chi connectivity index (χ2n) is 5.74. The Morgan fingerprint density at radius 2 is 1.63 bits per heavy atom. The van der Waals surface area contributed by atoms with E-state index in [9.17, 15) is 24.6 Å². The number of aromatic hydroxyl groups is 1. The molecule has 2 amide bonds. The number of phenolic OH excluding ortho intramolecular Hbond substituents is 1. The molecule has 0 spiro atoms. The third kappa shape index (κ3) is 7.07. The van der Waals surface area contributed by atoms with Gasteiger partial charge in [-0.1, -0.05) is 42.5 Å². The Hall–Kier alpha value is -3.55. The molecule has 0 fully saturated rings. The predicted molar refractivity (Wildman–Crippen MR) is 96.0 cm³/mol. The van der Waals surface area contributed by atoms with Gasteiger partial charge in [-0.05, 0) is 23.3 Å². The molecule has 27 heavy (non-hydrogen) atoms. The van der Waals surface area contributed by atoms with Crippen molar-refractivity contribution in [2.45, 2.75) is 19.1 Å². The zero-order valence-corrected chi connectivity index (χ0v) is 14.4. The summed E-state index contributed by atoms with van der Waals surface area (Å²) in [6.07, 6.45) is -0.737. The van der Waals surface area contributed by atoms with Crippen LogP contribution in [-0.4, -0.2) is 40.8 Å². The van der Waals surface area contributed by atoms with Crippen molar-refractivity contribution in [3.63, 3.8) is 0 Å². The number of alkyl carbamates (subject to hydrolysis) is 1. The summed E-state index contributed by atoms with van der Waals surface area (Å²) in [5.41, 5.74) is 1.44. The Labute approximate surface area is 155 Å². The Balaban J connectivity index is 1.77. The van der Waals surface area contributed by atoms with E-state index in [2.05, 4.69) is 10.6 Å². The monoisotopic (exact) mass is 372 g/mol. The Morgan fingerprint density at radius 1 is 0.963 bits per heavy atom. The van der Waals surface area contributed by atoms with Gasteiger partial charge in [0.25, 0.3) is 0 Å². The van der Waals surface area contributed by atoms with Gasteiger partial charge >= 0.3 is 12.1 Å². The highest BCUT2D eigenvalue weighted by Gasteiger charge is 2.20. The number of hydrogen-bond acceptors (Lipinski definition) is 5. The van der Waals surface area contributed by atoms with Crippen molar-refractivity contribution in [1.29, 1.82) is 0 Å². The topological polar surface area (TPSA) is 125 Å². The number of hydrogen-bond donors (Lipinski definition) is 4. The number of aliphatic carboxylic acids is 1. The molecule has 8 nitrogen and oxygen atoms in total. The molecule has 0 heterocycles. The van der Waals surface area contributed by atoms with Crippen molar-refractivity contribution >= 4 is 18.0 Å². The van der Waals surface area contributed by atoms with E-state index in [1.165, 1.54) is 12.1 Å². The van der Waals surface area contributed by atoms with Crippen LogP contribution in [0.15, 0.2) is 54.6 Å². The van der Waals surface area contributed by atoms with Gasteiger partial charge in [-0.3, -0.25) is 4.79 Å². The van der Waals surface area contributed by atoms with E-state index in [4.69, 9.17) is 4.74 Å². The minimum atomic E-state index is -1.21. The number of nitrogens with one attached hydrogen (secondary N) is 2. The van der Waals surface area contributed by atoms with Gasteiger partial charge in [0.05, 0.1) is 0 Å². The third-order valence-electron chi connectivity index (χ3n) is 3.62. The Morgan fingerprint density at radius 3 is 2.26 bits per heavy atom. The first kappa shape index (κ1) is 19.8. The average Bonchev–Trinajstić information content (AvgIpc) is 2.66. The Kier molecular flexibility index (Phi) is 7.18. The minimum Gasteiger partial charge on any atom is -0.508 e. The maximum Gasteiger partial charge on any atom is 0.407 e. The number of phenols is 1. The first-order valence-corrected chi connectivity index (χ1v) is 8.18. The summed E-state index contributed by atoms with van der Waals surface area (Å²) in [7, 11) is 0. The van der Waals surface area contributed by atoms with Crippen LogP contribution in [-0.2, 0) is 27.4 Å². The molecule has 0 aliphatic rings. The van der Waals surface area contributed by atoms with E-state index in [1.807, 2.05) is 18.2 Å². The van der Waals surface area contributed by atoms with Crippen LogP contribution in [0, 0.1) is 0 Å². The molecule has 0 saturated carbocycles. The molecular weight excluding hydrogens is 352 g/mol. The van der Waals surface area contributed by atoms with Crippen LogP contribution >= 0.6 is 0 Å². The van der Waals surface area contributed by atoms with E-state index in [-0.39, 0.29) is 18.8 Å². The van der Waals surface area contributed by atoms with E-state index in [0.29, 0.717) is 5.56 Å². The summed E-state index contributed by atoms with van der Waals surface area (Å²) in [6, 6.07) is 13.9. The summed E-state index contributed by atoms with van der Waals surface area (Å²) in [6.45, 7) is -0.347. The maximum absolute atomic E-state index is 11.9. The molecule has 2 aromatic rings. The lowest BCUT2D eigenvalue weighted by molar-refractivity contribution is -0.141. The van der Waals surface area contributed by atoms with Gasteiger partial charge in [-0.2, -0.15) is 0 Å². The van der Waals surface area contributed by atoms with E-state index >= 15 is 0 Å². The van der Waals surface area contributed by atoms with Gasteiger partial charge in [0.15, 0.2) is 0 Å². The number of carboxylic acids is 1. The van der Waals surface area contributed by atoms with Crippen LogP contribution in [0.4, 0.5) is 4.79 Å². The van der Waals surface area contributed by atoms with Crippen LogP contribution < -0.4 is 10.6 Å². The zero-order valence-electron chi connectivity index (χ0n) is 14.4. The van der Waals surface area contributed by atoms with Crippen LogP contribution in [0.3, 0.4) is 0 Å². The molecule has 0 aromatic heterocycles. The molecule has 0 bridgehead atoms. The summed E-state index contributed by atoms with van der Waals surface area (Å²) >= 11 is 0. The molecule has 142 valence electrons. The van der Waals surface area contributed by atoms with Gasteiger partial charge in [0.2, 0.25) is 5.91 Å². The third-order valence-corrected chi connectivity index (χ3v) is 3.62. The van der Waals surface area contributed by atoms with Crippen LogP contribution in [0.1, 0.15) is 11.1 Å². The normalized spacial score (nSPS) is 11.3.